The number of oxime groups is 1. The maximum Gasteiger partial charge on any atom is 0.145 e. The summed E-state index contributed by atoms with van der Waals surface area (Å²) in [7, 11) is 2.14. The average molecular weight is 272 g/mol. The van der Waals surface area contributed by atoms with Crippen molar-refractivity contribution in [2.24, 2.45) is 10.9 Å². The van der Waals surface area contributed by atoms with E-state index in [2.05, 4.69) is 17.1 Å². The molecule has 5 nitrogen and oxygen atoms in total. The molecule has 0 bridgehead atoms. The number of nitrogens with zero attached hydrogens (tertiary/aromatic N) is 2. The summed E-state index contributed by atoms with van der Waals surface area (Å²) in [4.78, 5) is 8.10. The molecule has 5 heteroatoms. The van der Waals surface area contributed by atoms with Gasteiger partial charge in [-0.2, -0.15) is 0 Å². The van der Waals surface area contributed by atoms with Crippen molar-refractivity contribution in [3.8, 4) is 0 Å². The first-order chi connectivity index (χ1) is 9.58. The molecular formula is C15H20N4O. The minimum atomic E-state index is -0.0961. The molecule has 0 radical (unpaired) electrons. The molecule has 3 N–H and O–H groups in total. The first-order valence-corrected chi connectivity index (χ1v) is 6.96. The third-order valence-corrected chi connectivity index (χ3v) is 4.27. The first kappa shape index (κ1) is 13.1. The van der Waals surface area contributed by atoms with Gasteiger partial charge in [-0.05, 0) is 12.6 Å². The third kappa shape index (κ3) is 2.41. The predicted octanol–water partition coefficient (Wildman–Crippen LogP) is 1.56. The Kier molecular flexibility index (Phi) is 3.22. The highest BCUT2D eigenvalue weighted by Gasteiger charge is 2.41. The lowest BCUT2D eigenvalue weighted by Crippen LogP contribution is -2.42. The molecule has 2 aliphatic heterocycles. The summed E-state index contributed by atoms with van der Waals surface area (Å²) in [5, 5.41) is 11.7. The summed E-state index contributed by atoms with van der Waals surface area (Å²) in [6, 6.07) is 7.65. The Hall–Kier alpha value is -1.88. The second kappa shape index (κ2) is 4.90. The van der Waals surface area contributed by atoms with Gasteiger partial charge in [0.05, 0.1) is 5.71 Å². The third-order valence-electron chi connectivity index (χ3n) is 4.27. The minimum absolute atomic E-state index is 0.0907. The highest BCUT2D eigenvalue weighted by molar-refractivity contribution is 6.03. The Balaban J connectivity index is 1.72. The average Bonchev–Trinajstić information content (AvgIpc) is 2.87. The van der Waals surface area contributed by atoms with Gasteiger partial charge < -0.3 is 15.5 Å². The van der Waals surface area contributed by atoms with Crippen LogP contribution >= 0.6 is 0 Å². The zero-order valence-electron chi connectivity index (χ0n) is 11.7. The van der Waals surface area contributed by atoms with Crippen LogP contribution in [0.15, 0.2) is 29.4 Å². The van der Waals surface area contributed by atoms with Crippen molar-refractivity contribution in [2.45, 2.75) is 24.9 Å². The zero-order chi connectivity index (χ0) is 14.2. The van der Waals surface area contributed by atoms with E-state index in [0.29, 0.717) is 0 Å². The Labute approximate surface area is 118 Å². The highest BCUT2D eigenvalue weighted by atomic mass is 16.7. The number of hydrogen-bond donors (Lipinski definition) is 2. The summed E-state index contributed by atoms with van der Waals surface area (Å²) in [5.41, 5.74) is 8.17. The monoisotopic (exact) mass is 272 g/mol. The van der Waals surface area contributed by atoms with Crippen LogP contribution in [-0.4, -0.2) is 42.2 Å². The molecule has 1 saturated heterocycles. The van der Waals surface area contributed by atoms with Gasteiger partial charge in [0, 0.05) is 37.9 Å². The number of nitrogen functional groups attached to an aromatic ring is 1. The fraction of sp³-hybridized carbons (Fsp3) is 0.467. The molecule has 0 unspecified atom stereocenters. The number of piperidine rings is 1. The minimum Gasteiger partial charge on any atom is -0.388 e. The van der Waals surface area contributed by atoms with Crippen LogP contribution in [0.2, 0.25) is 0 Å². The lowest BCUT2D eigenvalue weighted by Gasteiger charge is -2.35. The molecule has 1 fully saturated rings. The van der Waals surface area contributed by atoms with Crippen LogP contribution in [0.1, 0.15) is 30.4 Å². The second-order valence-corrected chi connectivity index (χ2v) is 5.78. The summed E-state index contributed by atoms with van der Waals surface area (Å²) in [5.74, 6) is 0.0907. The SMILES string of the molecule is CN1CCC2(CC1)CC(c1ccc(C(=N)N)cc1)=NO2. The number of amidine groups is 1. The first-order valence-electron chi connectivity index (χ1n) is 6.96. The number of nitrogens with two attached hydrogens (primary N) is 1. The lowest BCUT2D eigenvalue weighted by molar-refractivity contribution is -0.0578. The molecule has 0 aromatic heterocycles. The summed E-state index contributed by atoms with van der Waals surface area (Å²) >= 11 is 0. The van der Waals surface area contributed by atoms with E-state index in [1.54, 1.807) is 0 Å². The van der Waals surface area contributed by atoms with Gasteiger partial charge in [0.2, 0.25) is 0 Å². The van der Waals surface area contributed by atoms with Crippen LogP contribution < -0.4 is 5.73 Å². The molecule has 2 heterocycles. The van der Waals surface area contributed by atoms with Gasteiger partial charge in [-0.25, -0.2) is 0 Å². The fourth-order valence-corrected chi connectivity index (χ4v) is 2.81. The van der Waals surface area contributed by atoms with Crippen molar-refractivity contribution >= 4 is 11.5 Å². The van der Waals surface area contributed by atoms with Crippen LogP contribution in [0.3, 0.4) is 0 Å². The van der Waals surface area contributed by atoms with Crippen LogP contribution in [0.25, 0.3) is 0 Å². The largest absolute Gasteiger partial charge is 0.388 e. The van der Waals surface area contributed by atoms with Crippen molar-refractivity contribution in [1.29, 1.82) is 5.41 Å². The van der Waals surface area contributed by atoms with Gasteiger partial charge in [-0.1, -0.05) is 29.4 Å². The van der Waals surface area contributed by atoms with E-state index in [1.807, 2.05) is 24.3 Å². The summed E-state index contributed by atoms with van der Waals surface area (Å²) < 4.78 is 0. The number of likely N-dealkylation sites (tertiary alicyclic amines) is 1. The molecule has 1 aromatic carbocycles. The van der Waals surface area contributed by atoms with E-state index in [0.717, 1.165) is 49.2 Å². The molecule has 3 rings (SSSR count). The topological polar surface area (TPSA) is 74.7 Å². The molecular weight excluding hydrogens is 252 g/mol. The Bertz CT molecular complexity index is 541. The number of nitrogens with one attached hydrogen (secondary N) is 1. The van der Waals surface area contributed by atoms with Crippen LogP contribution in [-0.2, 0) is 4.84 Å². The van der Waals surface area contributed by atoms with Gasteiger partial charge in [0.25, 0.3) is 0 Å². The van der Waals surface area contributed by atoms with Crippen molar-refractivity contribution in [3.63, 3.8) is 0 Å². The van der Waals surface area contributed by atoms with Gasteiger partial charge in [0.1, 0.15) is 11.4 Å². The molecule has 1 spiro atoms. The Morgan fingerprint density at radius 2 is 1.95 bits per heavy atom. The van der Waals surface area contributed by atoms with E-state index in [1.165, 1.54) is 0 Å². The van der Waals surface area contributed by atoms with Crippen LogP contribution in [0, 0.1) is 5.41 Å². The molecule has 0 atom stereocenters. The van der Waals surface area contributed by atoms with E-state index in [-0.39, 0.29) is 11.4 Å². The molecule has 20 heavy (non-hydrogen) atoms. The molecule has 1 aromatic rings. The second-order valence-electron chi connectivity index (χ2n) is 5.78. The standard InChI is InChI=1S/C15H20N4O/c1-19-8-6-15(7-9-19)10-13(18-20-15)11-2-4-12(5-3-11)14(16)17/h2-5H,6-10H2,1H3,(H3,16,17). The molecule has 0 amide bonds. The normalized spacial score (nSPS) is 21.6. The van der Waals surface area contributed by atoms with Crippen LogP contribution in [0.4, 0.5) is 0 Å². The van der Waals surface area contributed by atoms with Crippen molar-refractivity contribution in [1.82, 2.24) is 4.90 Å². The Morgan fingerprint density at radius 3 is 2.55 bits per heavy atom. The van der Waals surface area contributed by atoms with Crippen LogP contribution in [0.5, 0.6) is 0 Å². The lowest BCUT2D eigenvalue weighted by atomic mass is 9.85. The van der Waals surface area contributed by atoms with E-state index < -0.39 is 0 Å². The van der Waals surface area contributed by atoms with Crippen molar-refractivity contribution in [2.75, 3.05) is 20.1 Å². The highest BCUT2D eigenvalue weighted by Crippen LogP contribution is 2.35. The number of benzene rings is 1. The quantitative estimate of drug-likeness (QED) is 0.633. The molecule has 106 valence electrons. The maximum absolute atomic E-state index is 7.41. The molecule has 2 aliphatic rings. The van der Waals surface area contributed by atoms with Gasteiger partial charge in [0.15, 0.2) is 0 Å². The van der Waals surface area contributed by atoms with Gasteiger partial charge in [-0.3, -0.25) is 5.41 Å². The molecule has 0 aliphatic carbocycles. The number of hydrogen-bond acceptors (Lipinski definition) is 4. The van der Waals surface area contributed by atoms with E-state index in [9.17, 15) is 0 Å². The van der Waals surface area contributed by atoms with E-state index in [4.69, 9.17) is 16.0 Å². The summed E-state index contributed by atoms with van der Waals surface area (Å²) in [6.07, 6.45) is 2.93. The van der Waals surface area contributed by atoms with Gasteiger partial charge in [-0.15, -0.1) is 0 Å². The fourth-order valence-electron chi connectivity index (χ4n) is 2.81. The van der Waals surface area contributed by atoms with Gasteiger partial charge >= 0.3 is 0 Å². The Morgan fingerprint density at radius 1 is 1.30 bits per heavy atom. The number of rotatable bonds is 2. The van der Waals surface area contributed by atoms with Crippen molar-refractivity contribution < 1.29 is 4.84 Å². The predicted molar refractivity (Wildman–Crippen MR) is 79.2 cm³/mol. The van der Waals surface area contributed by atoms with Crippen molar-refractivity contribution in [3.05, 3.63) is 35.4 Å². The van der Waals surface area contributed by atoms with E-state index >= 15 is 0 Å². The maximum atomic E-state index is 7.41. The summed E-state index contributed by atoms with van der Waals surface area (Å²) in [6.45, 7) is 2.12. The molecule has 0 saturated carbocycles. The zero-order valence-corrected chi connectivity index (χ0v) is 11.7. The smallest absolute Gasteiger partial charge is 0.145 e.